The van der Waals surface area contributed by atoms with Gasteiger partial charge in [-0.3, -0.25) is 4.79 Å². The summed E-state index contributed by atoms with van der Waals surface area (Å²) in [4.78, 5) is 15.9. The minimum atomic E-state index is -0.0742. The molecule has 4 saturated carbocycles. The van der Waals surface area contributed by atoms with Gasteiger partial charge in [0, 0.05) is 41.4 Å². The van der Waals surface area contributed by atoms with Crippen LogP contribution in [0.25, 0.3) is 6.08 Å². The molecule has 4 bridgehead atoms. The zero-order valence-corrected chi connectivity index (χ0v) is 16.5. The van der Waals surface area contributed by atoms with Crippen molar-refractivity contribution in [3.8, 4) is 5.75 Å². The molecule has 0 N–H and O–H groups in total. The molecule has 1 saturated heterocycles. The van der Waals surface area contributed by atoms with Crippen LogP contribution in [0, 0.1) is 23.2 Å². The first-order valence-electron chi connectivity index (χ1n) is 11.0. The Morgan fingerprint density at radius 2 is 1.68 bits per heavy atom. The summed E-state index contributed by atoms with van der Waals surface area (Å²) in [6.45, 7) is 3.83. The van der Waals surface area contributed by atoms with Crippen LogP contribution in [0.4, 0.5) is 5.69 Å². The van der Waals surface area contributed by atoms with Gasteiger partial charge in [-0.2, -0.15) is 0 Å². The molecular formula is C24H29NO3. The van der Waals surface area contributed by atoms with Gasteiger partial charge in [0.05, 0.1) is 13.2 Å². The first-order chi connectivity index (χ1) is 13.7. The molecule has 148 valence electrons. The summed E-state index contributed by atoms with van der Waals surface area (Å²) in [6.07, 6.45) is 9.59. The lowest BCUT2D eigenvalue weighted by Crippen LogP contribution is -2.50. The normalized spacial score (nSPS) is 35.9. The molecule has 2 heterocycles. The number of rotatable bonds is 3. The lowest BCUT2D eigenvalue weighted by molar-refractivity contribution is -0.140. The third kappa shape index (κ3) is 2.72. The molecule has 5 fully saturated rings. The molecule has 0 unspecified atom stereocenters. The Hall–Kier alpha value is -1.81. The van der Waals surface area contributed by atoms with E-state index < -0.39 is 0 Å². The number of carbonyl (C=O) groups is 1. The van der Waals surface area contributed by atoms with Crippen molar-refractivity contribution in [3.63, 3.8) is 0 Å². The maximum Gasteiger partial charge on any atom is 0.168 e. The highest BCUT2D eigenvalue weighted by molar-refractivity contribution is 6.04. The molecule has 1 aromatic rings. The van der Waals surface area contributed by atoms with Crippen molar-refractivity contribution in [2.45, 2.75) is 38.5 Å². The van der Waals surface area contributed by atoms with Crippen molar-refractivity contribution in [2.75, 3.05) is 37.8 Å². The molecule has 6 aliphatic rings. The molecule has 4 nitrogen and oxygen atoms in total. The van der Waals surface area contributed by atoms with Gasteiger partial charge in [-0.1, -0.05) is 0 Å². The zero-order chi connectivity index (χ0) is 18.7. The third-order valence-electron chi connectivity index (χ3n) is 7.90. The van der Waals surface area contributed by atoms with Crippen LogP contribution in [0.2, 0.25) is 0 Å². The van der Waals surface area contributed by atoms with Crippen molar-refractivity contribution in [1.29, 1.82) is 0 Å². The minimum absolute atomic E-state index is 0.0742. The Kier molecular flexibility index (Phi) is 3.87. The van der Waals surface area contributed by atoms with Crippen LogP contribution < -0.4 is 9.64 Å². The molecule has 0 spiro atoms. The first kappa shape index (κ1) is 17.1. The smallest absolute Gasteiger partial charge is 0.168 e. The van der Waals surface area contributed by atoms with Crippen LogP contribution in [0.15, 0.2) is 23.8 Å². The monoisotopic (exact) mass is 379 g/mol. The lowest BCUT2D eigenvalue weighted by Gasteiger charge is -2.56. The number of ether oxygens (including phenoxy) is 2. The second-order valence-corrected chi connectivity index (χ2v) is 9.81. The Labute approximate surface area is 166 Å². The van der Waals surface area contributed by atoms with Crippen LogP contribution >= 0.6 is 0 Å². The standard InChI is InChI=1S/C24H29NO3/c26-23(24-12-16-7-17(13-24)9-18(8-16)14-24)20-10-19-1-2-21(11-22(19)28-15-20)25-3-5-27-6-4-25/h1-2,10-11,16-18H,3-9,12-15H2. The van der Waals surface area contributed by atoms with Crippen LogP contribution in [0.5, 0.6) is 5.75 Å². The van der Waals surface area contributed by atoms with E-state index in [1.54, 1.807) is 0 Å². The molecule has 4 aliphatic carbocycles. The van der Waals surface area contributed by atoms with E-state index in [9.17, 15) is 4.79 Å². The maximum absolute atomic E-state index is 13.6. The summed E-state index contributed by atoms with van der Waals surface area (Å²) in [7, 11) is 0. The average molecular weight is 380 g/mol. The van der Waals surface area contributed by atoms with Crippen molar-refractivity contribution in [1.82, 2.24) is 0 Å². The van der Waals surface area contributed by atoms with E-state index in [0.29, 0.717) is 12.4 Å². The summed E-state index contributed by atoms with van der Waals surface area (Å²) >= 11 is 0. The number of hydrogen-bond acceptors (Lipinski definition) is 4. The summed E-state index contributed by atoms with van der Waals surface area (Å²) in [5, 5.41) is 0. The number of anilines is 1. The average Bonchev–Trinajstić information content (AvgIpc) is 2.72. The first-order valence-corrected chi connectivity index (χ1v) is 11.0. The van der Waals surface area contributed by atoms with E-state index in [0.717, 1.165) is 80.2 Å². The highest BCUT2D eigenvalue weighted by Crippen LogP contribution is 2.61. The number of carbonyl (C=O) groups excluding carboxylic acids is 1. The van der Waals surface area contributed by atoms with E-state index in [4.69, 9.17) is 9.47 Å². The van der Waals surface area contributed by atoms with Crippen molar-refractivity contribution in [3.05, 3.63) is 29.3 Å². The van der Waals surface area contributed by atoms with Crippen molar-refractivity contribution in [2.24, 2.45) is 23.2 Å². The fourth-order valence-electron chi connectivity index (χ4n) is 7.03. The van der Waals surface area contributed by atoms with Gasteiger partial charge in [-0.05, 0) is 74.5 Å². The Morgan fingerprint density at radius 1 is 1.00 bits per heavy atom. The predicted octanol–water partition coefficient (Wildman–Crippen LogP) is 4.08. The predicted molar refractivity (Wildman–Crippen MR) is 109 cm³/mol. The highest BCUT2D eigenvalue weighted by atomic mass is 16.5. The van der Waals surface area contributed by atoms with E-state index >= 15 is 0 Å². The fraction of sp³-hybridized carbons (Fsp3) is 0.625. The molecule has 2 aliphatic heterocycles. The molecule has 1 aromatic carbocycles. The number of hydrogen-bond donors (Lipinski definition) is 0. The Bertz CT molecular complexity index is 801. The number of morpholine rings is 1. The summed E-state index contributed by atoms with van der Waals surface area (Å²) in [5.41, 5.74) is 3.06. The molecule has 0 aromatic heterocycles. The number of fused-ring (bicyclic) bond motifs is 1. The summed E-state index contributed by atoms with van der Waals surface area (Å²) in [5.74, 6) is 3.69. The largest absolute Gasteiger partial charge is 0.488 e. The molecule has 4 heteroatoms. The van der Waals surface area contributed by atoms with Gasteiger partial charge in [-0.15, -0.1) is 0 Å². The van der Waals surface area contributed by atoms with E-state index in [1.165, 1.54) is 24.9 Å². The summed E-state index contributed by atoms with van der Waals surface area (Å²) in [6, 6.07) is 6.40. The third-order valence-corrected chi connectivity index (χ3v) is 7.90. The molecule has 0 amide bonds. The van der Waals surface area contributed by atoms with E-state index in [1.807, 2.05) is 0 Å². The fourth-order valence-corrected chi connectivity index (χ4v) is 7.03. The lowest BCUT2D eigenvalue weighted by atomic mass is 9.48. The summed E-state index contributed by atoms with van der Waals surface area (Å²) < 4.78 is 11.6. The van der Waals surface area contributed by atoms with Crippen molar-refractivity contribution < 1.29 is 14.3 Å². The minimum Gasteiger partial charge on any atom is -0.488 e. The molecule has 0 atom stereocenters. The van der Waals surface area contributed by atoms with Gasteiger partial charge < -0.3 is 14.4 Å². The van der Waals surface area contributed by atoms with Crippen LogP contribution in [-0.2, 0) is 9.53 Å². The van der Waals surface area contributed by atoms with Crippen LogP contribution in [-0.4, -0.2) is 38.7 Å². The molecule has 28 heavy (non-hydrogen) atoms. The van der Waals surface area contributed by atoms with Gasteiger partial charge in [0.1, 0.15) is 12.4 Å². The number of Topliss-reactive ketones (excluding diaryl/α,β-unsaturated/α-hetero) is 1. The number of benzene rings is 1. The number of nitrogens with zero attached hydrogens (tertiary/aromatic N) is 1. The van der Waals surface area contributed by atoms with Crippen molar-refractivity contribution >= 4 is 17.5 Å². The molecular weight excluding hydrogens is 350 g/mol. The van der Waals surface area contributed by atoms with Crippen LogP contribution in [0.3, 0.4) is 0 Å². The van der Waals surface area contributed by atoms with Gasteiger partial charge >= 0.3 is 0 Å². The van der Waals surface area contributed by atoms with Gasteiger partial charge in [0.25, 0.3) is 0 Å². The highest BCUT2D eigenvalue weighted by Gasteiger charge is 2.55. The Balaban J connectivity index is 1.26. The maximum atomic E-state index is 13.6. The number of ketones is 1. The second kappa shape index (κ2) is 6.35. The van der Waals surface area contributed by atoms with E-state index in [2.05, 4.69) is 29.2 Å². The Morgan fingerprint density at radius 3 is 2.36 bits per heavy atom. The topological polar surface area (TPSA) is 38.8 Å². The second-order valence-electron chi connectivity index (χ2n) is 9.81. The van der Waals surface area contributed by atoms with Gasteiger partial charge in [0.2, 0.25) is 0 Å². The zero-order valence-electron chi connectivity index (χ0n) is 16.5. The molecule has 0 radical (unpaired) electrons. The van der Waals surface area contributed by atoms with Gasteiger partial charge in [-0.25, -0.2) is 0 Å². The molecule has 7 rings (SSSR count). The quantitative estimate of drug-likeness (QED) is 0.793. The van der Waals surface area contributed by atoms with E-state index in [-0.39, 0.29) is 5.41 Å². The SMILES string of the molecule is O=C(C1=Cc2ccc(N3CCOCC3)cc2OC1)C12CC3CC(CC(C3)C1)C2. The van der Waals surface area contributed by atoms with Gasteiger partial charge in [0.15, 0.2) is 5.78 Å². The van der Waals surface area contributed by atoms with Crippen LogP contribution in [0.1, 0.15) is 44.1 Å².